The van der Waals surface area contributed by atoms with Crippen LogP contribution in [0.1, 0.15) is 30.0 Å². The van der Waals surface area contributed by atoms with Crippen LogP contribution in [0.4, 0.5) is 5.69 Å². The standard InChI is InChI=1S/C21H21NO5/c1-14(23)11-16-7-8-18-17(12-16)9-10-21(19(24)25,20(26)27)22(18)13-15-5-3-2-4-6-15/h2-8,12H,9-11,13H2,1H3,(H,24,25)(H,26,27). The quantitative estimate of drug-likeness (QED) is 0.762. The SMILES string of the molecule is CC(=O)Cc1ccc2c(c1)CCC(C(=O)O)(C(=O)O)N2Cc1ccccc1. The van der Waals surface area contributed by atoms with Gasteiger partial charge in [0, 0.05) is 18.7 Å². The fourth-order valence-corrected chi connectivity index (χ4v) is 3.68. The number of carbonyl (C=O) groups is 3. The van der Waals surface area contributed by atoms with E-state index in [-0.39, 0.29) is 18.7 Å². The molecular weight excluding hydrogens is 346 g/mol. The number of carboxylic acid groups (broad SMARTS) is 2. The maximum atomic E-state index is 12.1. The Morgan fingerprint density at radius 2 is 1.67 bits per heavy atom. The van der Waals surface area contributed by atoms with Gasteiger partial charge >= 0.3 is 11.9 Å². The number of benzene rings is 2. The lowest BCUT2D eigenvalue weighted by atomic mass is 9.82. The Balaban J connectivity index is 2.10. The zero-order chi connectivity index (χ0) is 19.6. The highest BCUT2D eigenvalue weighted by Gasteiger charge is 2.54. The summed E-state index contributed by atoms with van der Waals surface area (Å²) < 4.78 is 0. The van der Waals surface area contributed by atoms with Crippen LogP contribution in [0.2, 0.25) is 0 Å². The van der Waals surface area contributed by atoms with E-state index >= 15 is 0 Å². The van der Waals surface area contributed by atoms with Crippen LogP contribution in [0.5, 0.6) is 0 Å². The molecule has 2 aromatic carbocycles. The molecule has 140 valence electrons. The third-order valence-electron chi connectivity index (χ3n) is 5.00. The molecule has 0 aliphatic carbocycles. The predicted octanol–water partition coefficient (Wildman–Crippen LogP) is 2.68. The van der Waals surface area contributed by atoms with Gasteiger partial charge in [-0.05, 0) is 42.5 Å². The minimum absolute atomic E-state index is 0.0392. The van der Waals surface area contributed by atoms with Crippen molar-refractivity contribution >= 4 is 23.4 Å². The monoisotopic (exact) mass is 367 g/mol. The Morgan fingerprint density at radius 3 is 2.26 bits per heavy atom. The molecule has 0 saturated heterocycles. The van der Waals surface area contributed by atoms with Crippen molar-refractivity contribution < 1.29 is 24.6 Å². The van der Waals surface area contributed by atoms with Gasteiger partial charge in [0.05, 0.1) is 0 Å². The van der Waals surface area contributed by atoms with Gasteiger partial charge in [-0.15, -0.1) is 0 Å². The van der Waals surface area contributed by atoms with E-state index in [0.29, 0.717) is 18.5 Å². The lowest BCUT2D eigenvalue weighted by Crippen LogP contribution is -2.62. The summed E-state index contributed by atoms with van der Waals surface area (Å²) in [5.74, 6) is -2.70. The molecule has 3 rings (SSSR count). The molecule has 0 radical (unpaired) electrons. The molecule has 2 N–H and O–H groups in total. The first-order valence-electron chi connectivity index (χ1n) is 8.74. The molecule has 27 heavy (non-hydrogen) atoms. The maximum Gasteiger partial charge on any atom is 0.341 e. The van der Waals surface area contributed by atoms with Crippen LogP contribution >= 0.6 is 0 Å². The van der Waals surface area contributed by atoms with Gasteiger partial charge in [-0.2, -0.15) is 0 Å². The number of aryl methyl sites for hydroxylation is 1. The second-order valence-electron chi connectivity index (χ2n) is 6.88. The Morgan fingerprint density at radius 1 is 1.00 bits per heavy atom. The largest absolute Gasteiger partial charge is 0.479 e. The number of carbonyl (C=O) groups excluding carboxylic acids is 1. The number of hydrogen-bond donors (Lipinski definition) is 2. The van der Waals surface area contributed by atoms with E-state index in [2.05, 4.69) is 0 Å². The number of Topliss-reactive ketones (excluding diaryl/α,β-unsaturated/α-hetero) is 1. The molecule has 0 fully saturated rings. The van der Waals surface area contributed by atoms with E-state index in [9.17, 15) is 24.6 Å². The molecule has 0 unspecified atom stereocenters. The Kier molecular flexibility index (Phi) is 4.99. The van der Waals surface area contributed by atoms with Crippen molar-refractivity contribution in [2.24, 2.45) is 0 Å². The lowest BCUT2D eigenvalue weighted by Gasteiger charge is -2.43. The summed E-state index contributed by atoms with van der Waals surface area (Å²) in [7, 11) is 0. The van der Waals surface area contributed by atoms with Gasteiger partial charge in [0.1, 0.15) is 5.78 Å². The van der Waals surface area contributed by atoms with Crippen LogP contribution in [0.3, 0.4) is 0 Å². The number of anilines is 1. The van der Waals surface area contributed by atoms with E-state index in [1.165, 1.54) is 11.8 Å². The van der Waals surface area contributed by atoms with E-state index < -0.39 is 17.5 Å². The molecule has 0 bridgehead atoms. The van der Waals surface area contributed by atoms with Crippen LogP contribution in [-0.2, 0) is 33.8 Å². The second kappa shape index (κ2) is 7.23. The molecule has 0 saturated carbocycles. The van der Waals surface area contributed by atoms with Gasteiger partial charge in [-0.1, -0.05) is 42.5 Å². The molecule has 0 atom stereocenters. The van der Waals surface area contributed by atoms with Crippen LogP contribution < -0.4 is 4.90 Å². The summed E-state index contributed by atoms with van der Waals surface area (Å²) in [6, 6.07) is 14.6. The summed E-state index contributed by atoms with van der Waals surface area (Å²) in [5.41, 5.74) is 1.10. The van der Waals surface area contributed by atoms with E-state index in [0.717, 1.165) is 16.7 Å². The van der Waals surface area contributed by atoms with Crippen LogP contribution in [-0.4, -0.2) is 33.5 Å². The molecular formula is C21H21NO5. The Bertz CT molecular complexity index is 877. The summed E-state index contributed by atoms with van der Waals surface area (Å²) in [4.78, 5) is 37.0. The zero-order valence-electron chi connectivity index (χ0n) is 15.0. The van der Waals surface area contributed by atoms with Gasteiger partial charge in [0.15, 0.2) is 0 Å². The molecule has 0 spiro atoms. The highest BCUT2D eigenvalue weighted by molar-refractivity contribution is 6.07. The van der Waals surface area contributed by atoms with Gasteiger partial charge in [0.25, 0.3) is 0 Å². The first-order chi connectivity index (χ1) is 12.8. The highest BCUT2D eigenvalue weighted by Crippen LogP contribution is 2.39. The Hall–Kier alpha value is -3.15. The minimum atomic E-state index is -2.02. The van der Waals surface area contributed by atoms with Crippen LogP contribution in [0, 0.1) is 0 Å². The third kappa shape index (κ3) is 3.43. The van der Waals surface area contributed by atoms with Crippen molar-refractivity contribution in [3.8, 4) is 0 Å². The maximum absolute atomic E-state index is 12.1. The number of fused-ring (bicyclic) bond motifs is 1. The molecule has 1 heterocycles. The number of nitrogens with zero attached hydrogens (tertiary/aromatic N) is 1. The summed E-state index contributed by atoms with van der Waals surface area (Å²) in [6.07, 6.45) is 0.584. The van der Waals surface area contributed by atoms with Crippen molar-refractivity contribution in [1.29, 1.82) is 0 Å². The van der Waals surface area contributed by atoms with Crippen LogP contribution in [0.15, 0.2) is 48.5 Å². The smallest absolute Gasteiger partial charge is 0.341 e. The van der Waals surface area contributed by atoms with E-state index in [4.69, 9.17) is 0 Å². The highest BCUT2D eigenvalue weighted by atomic mass is 16.4. The number of carboxylic acids is 2. The normalized spacial score (nSPS) is 15.1. The topological polar surface area (TPSA) is 94.9 Å². The van der Waals surface area contributed by atoms with Crippen molar-refractivity contribution in [1.82, 2.24) is 0 Å². The predicted molar refractivity (Wildman–Crippen MR) is 99.8 cm³/mol. The molecule has 2 aromatic rings. The number of aliphatic carboxylic acids is 2. The number of hydrogen-bond acceptors (Lipinski definition) is 4. The summed E-state index contributed by atoms with van der Waals surface area (Å²) in [5, 5.41) is 19.7. The molecule has 1 aliphatic heterocycles. The number of ketones is 1. The molecule has 1 aliphatic rings. The average molecular weight is 367 g/mol. The van der Waals surface area contributed by atoms with Gasteiger partial charge in [0.2, 0.25) is 5.54 Å². The fourth-order valence-electron chi connectivity index (χ4n) is 3.68. The van der Waals surface area contributed by atoms with Crippen molar-refractivity contribution in [3.63, 3.8) is 0 Å². The van der Waals surface area contributed by atoms with Crippen molar-refractivity contribution in [2.45, 2.75) is 38.3 Å². The molecule has 6 heteroatoms. The lowest BCUT2D eigenvalue weighted by molar-refractivity contribution is -0.157. The first-order valence-corrected chi connectivity index (χ1v) is 8.74. The van der Waals surface area contributed by atoms with Gasteiger partial charge in [-0.25, -0.2) is 9.59 Å². The van der Waals surface area contributed by atoms with E-state index in [1.54, 1.807) is 12.1 Å². The summed E-state index contributed by atoms with van der Waals surface area (Å²) in [6.45, 7) is 1.68. The molecule has 6 nitrogen and oxygen atoms in total. The van der Waals surface area contributed by atoms with Gasteiger partial charge in [-0.3, -0.25) is 4.79 Å². The second-order valence-corrected chi connectivity index (χ2v) is 6.88. The Labute approximate surface area is 157 Å². The summed E-state index contributed by atoms with van der Waals surface area (Å²) >= 11 is 0. The van der Waals surface area contributed by atoms with E-state index in [1.807, 2.05) is 36.4 Å². The fraction of sp³-hybridized carbons (Fsp3) is 0.286. The third-order valence-corrected chi connectivity index (χ3v) is 5.00. The van der Waals surface area contributed by atoms with Gasteiger partial charge < -0.3 is 15.1 Å². The minimum Gasteiger partial charge on any atom is -0.479 e. The van der Waals surface area contributed by atoms with Crippen molar-refractivity contribution in [2.75, 3.05) is 4.90 Å². The number of rotatable bonds is 6. The molecule has 0 amide bonds. The first kappa shape index (κ1) is 18.6. The zero-order valence-corrected chi connectivity index (χ0v) is 15.0. The van der Waals surface area contributed by atoms with Crippen molar-refractivity contribution in [3.05, 3.63) is 65.2 Å². The van der Waals surface area contributed by atoms with Crippen LogP contribution in [0.25, 0.3) is 0 Å². The molecule has 0 aromatic heterocycles. The average Bonchev–Trinajstić information content (AvgIpc) is 2.61.